The van der Waals surface area contributed by atoms with Crippen LogP contribution in [0.3, 0.4) is 0 Å². The molecule has 0 rings (SSSR count). The summed E-state index contributed by atoms with van der Waals surface area (Å²) >= 11 is 0. The van der Waals surface area contributed by atoms with Crippen LogP contribution in [0.4, 0.5) is 0 Å². The minimum absolute atomic E-state index is 0.0851. The molecule has 0 amide bonds. The summed E-state index contributed by atoms with van der Waals surface area (Å²) in [6.45, 7) is 2.49. The van der Waals surface area contributed by atoms with Gasteiger partial charge in [0, 0.05) is 19.3 Å². The molecule has 0 radical (unpaired) electrons. The molecule has 0 bridgehead atoms. The van der Waals surface area contributed by atoms with Gasteiger partial charge in [0.25, 0.3) is 0 Å². The van der Waals surface area contributed by atoms with E-state index < -0.39 is 91.5 Å². The molecule has 16 nitrogen and oxygen atoms in total. The third-order valence-electron chi connectivity index (χ3n) is 17.4. The summed E-state index contributed by atoms with van der Waals surface area (Å²) < 4.78 is 61.3. The summed E-state index contributed by atoms with van der Waals surface area (Å²) in [4.78, 5) is 58.9. The number of hydrogen-bond donors (Lipinski definition) is 4. The molecule has 0 aliphatic carbocycles. The average Bonchev–Trinajstić information content (AvgIpc) is 0.903. The Morgan fingerprint density at radius 1 is 0.266 bits per heavy atom. The van der Waals surface area contributed by atoms with Crippen LogP contribution in [0.5, 0.6) is 0 Å². The van der Waals surface area contributed by atoms with E-state index >= 15 is 0 Å². The first-order chi connectivity index (χ1) is 53.2. The first-order valence-electron chi connectivity index (χ1n) is 42.4. The summed E-state index contributed by atoms with van der Waals surface area (Å²) in [6, 6.07) is 0. The second-order valence-electron chi connectivity index (χ2n) is 27.9. The van der Waals surface area contributed by atoms with Gasteiger partial charge in [-0.05, 0) is 161 Å². The number of carbonyl (C=O) groups is 3. The first kappa shape index (κ1) is 104. The Morgan fingerprint density at radius 3 is 0.771 bits per heavy atom. The van der Waals surface area contributed by atoms with Crippen LogP contribution in [-0.2, 0) is 55.8 Å². The lowest BCUT2D eigenvalue weighted by Gasteiger charge is -2.21. The Morgan fingerprint density at radius 2 is 0.486 bits per heavy atom. The second kappa shape index (κ2) is 82.4. The fourth-order valence-corrected chi connectivity index (χ4v) is 12.5. The van der Waals surface area contributed by atoms with E-state index in [-0.39, 0.29) is 19.3 Å². The highest BCUT2D eigenvalue weighted by molar-refractivity contribution is 7.47. The summed E-state index contributed by atoms with van der Waals surface area (Å²) in [5, 5.41) is 20.7. The third-order valence-corrected chi connectivity index (χ3v) is 19.3. The number of allylic oxidation sites excluding steroid dienone is 28. The van der Waals surface area contributed by atoms with Gasteiger partial charge in [-0.25, -0.2) is 9.13 Å². The van der Waals surface area contributed by atoms with Gasteiger partial charge in [-0.2, -0.15) is 0 Å². The molecule has 0 fully saturated rings. The van der Waals surface area contributed by atoms with E-state index in [0.29, 0.717) is 19.3 Å². The molecule has 0 aromatic rings. The second-order valence-corrected chi connectivity index (χ2v) is 30.8. The van der Waals surface area contributed by atoms with Crippen LogP contribution in [0.2, 0.25) is 0 Å². The number of esters is 3. The summed E-state index contributed by atoms with van der Waals surface area (Å²) in [7, 11) is -9.82. The van der Waals surface area contributed by atoms with Crippen molar-refractivity contribution in [3.8, 4) is 0 Å². The largest absolute Gasteiger partial charge is 0.472 e. The number of unbranched alkanes of at least 4 members (excludes halogenated alkanes) is 28. The number of phosphoric ester groups is 2. The number of aliphatic hydroxyl groups is 2. The number of hydrogen-bond acceptors (Lipinski definition) is 14. The Hall–Kier alpha value is -5.09. The smallest absolute Gasteiger partial charge is 0.463 e. The SMILES string of the molecule is CC/C=C\C/C=C\C/C=C\C/C=C\C/C=C\C/C=C\CCCCCCCCC(=O)OCC(O)COP(=O)(O)OCC(O)COP(=O)(O)OCC(COC(=O)CCCCCCCCCCC/C=C\C/C=C\C/C=C\C/C=C\CCCCC)OC(=O)CCCCCCCCC/C=C\C/C=C\C/C=C\C/C=C\CCCCC. The summed E-state index contributed by atoms with van der Waals surface area (Å²) in [6.07, 6.45) is 105. The van der Waals surface area contributed by atoms with Crippen molar-refractivity contribution in [3.05, 3.63) is 170 Å². The number of ether oxygens (including phenoxy) is 3. The highest BCUT2D eigenvalue weighted by Gasteiger charge is 2.29. The lowest BCUT2D eigenvalue weighted by atomic mass is 10.1. The molecular weight excluding hydrogens is 1410 g/mol. The Labute approximate surface area is 662 Å². The molecule has 0 saturated heterocycles. The van der Waals surface area contributed by atoms with Gasteiger partial charge in [-0.1, -0.05) is 319 Å². The average molecular weight is 1560 g/mol. The lowest BCUT2D eigenvalue weighted by molar-refractivity contribution is -0.161. The molecule has 109 heavy (non-hydrogen) atoms. The molecule has 0 saturated carbocycles. The minimum atomic E-state index is -4.95. The molecule has 5 atom stereocenters. The summed E-state index contributed by atoms with van der Waals surface area (Å²) in [5.74, 6) is -1.61. The lowest BCUT2D eigenvalue weighted by Crippen LogP contribution is -2.30. The van der Waals surface area contributed by atoms with Crippen molar-refractivity contribution in [2.75, 3.05) is 39.6 Å². The molecule has 0 aliphatic heterocycles. The van der Waals surface area contributed by atoms with Crippen molar-refractivity contribution < 1.29 is 75.8 Å². The van der Waals surface area contributed by atoms with Gasteiger partial charge in [-0.3, -0.25) is 32.5 Å². The maximum Gasteiger partial charge on any atom is 0.472 e. The first-order valence-corrected chi connectivity index (χ1v) is 45.4. The van der Waals surface area contributed by atoms with E-state index in [1.54, 1.807) is 0 Å². The molecular formula is C91H152O16P2. The van der Waals surface area contributed by atoms with Crippen molar-refractivity contribution >= 4 is 33.6 Å². The highest BCUT2D eigenvalue weighted by Crippen LogP contribution is 2.45. The van der Waals surface area contributed by atoms with Gasteiger partial charge < -0.3 is 34.2 Å². The Bertz CT molecular complexity index is 2660. The van der Waals surface area contributed by atoms with Crippen LogP contribution in [0, 0.1) is 0 Å². The van der Waals surface area contributed by atoms with Crippen molar-refractivity contribution in [2.24, 2.45) is 0 Å². The van der Waals surface area contributed by atoms with Crippen LogP contribution >= 0.6 is 15.6 Å². The fraction of sp³-hybridized carbons (Fsp3) is 0.659. The minimum Gasteiger partial charge on any atom is -0.463 e. The predicted octanol–water partition coefficient (Wildman–Crippen LogP) is 25.5. The molecule has 0 heterocycles. The van der Waals surface area contributed by atoms with E-state index in [1.807, 2.05) is 0 Å². The molecule has 0 aromatic carbocycles. The molecule has 5 unspecified atom stereocenters. The molecule has 622 valence electrons. The quantitative estimate of drug-likeness (QED) is 0.0146. The number of rotatable bonds is 79. The van der Waals surface area contributed by atoms with Gasteiger partial charge in [0.2, 0.25) is 0 Å². The van der Waals surface area contributed by atoms with Crippen molar-refractivity contribution in [3.63, 3.8) is 0 Å². The van der Waals surface area contributed by atoms with Gasteiger partial charge in [0.1, 0.15) is 25.4 Å². The highest BCUT2D eigenvalue weighted by atomic mass is 31.2. The Kier molecular flexibility index (Phi) is 78.5. The van der Waals surface area contributed by atoms with Crippen molar-refractivity contribution in [1.82, 2.24) is 0 Å². The van der Waals surface area contributed by atoms with Gasteiger partial charge in [0.15, 0.2) is 6.10 Å². The van der Waals surface area contributed by atoms with E-state index in [4.69, 9.17) is 32.3 Å². The van der Waals surface area contributed by atoms with Crippen molar-refractivity contribution in [1.29, 1.82) is 0 Å². The number of carbonyl (C=O) groups excluding carboxylic acids is 3. The molecule has 0 aromatic heterocycles. The molecule has 18 heteroatoms. The molecule has 0 spiro atoms. The number of aliphatic hydroxyl groups excluding tert-OH is 2. The zero-order valence-corrected chi connectivity index (χ0v) is 70.0. The predicted molar refractivity (Wildman–Crippen MR) is 454 cm³/mol. The Balaban J connectivity index is 4.74. The van der Waals surface area contributed by atoms with Gasteiger partial charge >= 0.3 is 33.6 Å². The van der Waals surface area contributed by atoms with Gasteiger partial charge in [-0.15, -0.1) is 0 Å². The van der Waals surface area contributed by atoms with E-state index in [2.05, 4.69) is 191 Å². The standard InChI is InChI=1S/C91H152O16P2/c1-4-7-10-13-16-19-22-25-28-31-34-37-40-42-45-47-50-53-56-59-62-65-68-71-74-77-89(94)101-80-86(92)81-103-108(97,98)104-82-87(93)83-105-109(99,100)106-85-88(107-91(96)79-76-73-70-67-64-61-58-55-52-49-44-39-36-33-30-27-24-21-18-15-12-9-6-3)84-102-90(95)78-75-72-69-66-63-60-57-54-51-48-46-43-41-38-35-32-29-26-23-20-17-14-11-8-5-2/h7,10,16-21,25-30,34-39,42-43,45-46,49-50,52-53,86-88,92-93H,4-6,8-9,11-15,22-24,31-33,40-41,44,47-48,51,54-85H2,1-3H3,(H,97,98)(H,99,100)/b10-7-,19-16-,20-17-,21-18-,28-25-,29-26-,30-27-,37-34-,38-35-,39-36-,45-42-,46-43-,52-49-,53-50-. The van der Waals surface area contributed by atoms with Crippen LogP contribution < -0.4 is 0 Å². The fourth-order valence-electron chi connectivity index (χ4n) is 11.0. The van der Waals surface area contributed by atoms with E-state index in [0.717, 1.165) is 193 Å². The maximum absolute atomic E-state index is 13.1. The van der Waals surface area contributed by atoms with Crippen LogP contribution in [0.25, 0.3) is 0 Å². The normalized spacial score (nSPS) is 14.7. The van der Waals surface area contributed by atoms with E-state index in [1.165, 1.54) is 77.0 Å². The monoisotopic (exact) mass is 1560 g/mol. The maximum atomic E-state index is 13.1. The zero-order valence-electron chi connectivity index (χ0n) is 68.2. The number of phosphoric acid groups is 2. The molecule has 4 N–H and O–H groups in total. The van der Waals surface area contributed by atoms with Crippen LogP contribution in [0.1, 0.15) is 329 Å². The van der Waals surface area contributed by atoms with Crippen LogP contribution in [0.15, 0.2) is 170 Å². The van der Waals surface area contributed by atoms with Gasteiger partial charge in [0.05, 0.1) is 26.4 Å². The zero-order chi connectivity index (χ0) is 79.4. The third kappa shape index (κ3) is 83.7. The molecule has 0 aliphatic rings. The summed E-state index contributed by atoms with van der Waals surface area (Å²) in [5.41, 5.74) is 0. The van der Waals surface area contributed by atoms with Crippen LogP contribution in [-0.4, -0.2) is 95.9 Å². The van der Waals surface area contributed by atoms with Crippen molar-refractivity contribution in [2.45, 2.75) is 347 Å². The van der Waals surface area contributed by atoms with E-state index in [9.17, 15) is 43.5 Å². The topological polar surface area (TPSA) is 231 Å².